The molecule has 2 rings (SSSR count). The van der Waals surface area contributed by atoms with E-state index in [4.69, 9.17) is 17.2 Å². The van der Waals surface area contributed by atoms with E-state index in [2.05, 4.69) is 20.9 Å². The molecule has 0 saturated carbocycles. The molecule has 1 heterocycles. The number of aromatic amines is 1. The molecular weight excluding hydrogens is 534 g/mol. The number of carboxylic acids is 1. The quantitative estimate of drug-likeness (QED) is 0.118. The van der Waals surface area contributed by atoms with Gasteiger partial charge in [0.25, 0.3) is 0 Å². The average molecular weight is 574 g/mol. The zero-order valence-corrected chi connectivity index (χ0v) is 23.1. The average Bonchev–Trinajstić information content (AvgIpc) is 3.30. The number of carbonyl (C=O) groups is 6. The topological polar surface area (TPSA) is 253 Å². The minimum Gasteiger partial charge on any atom is -0.480 e. The molecule has 0 aliphatic carbocycles. The molecule has 4 unspecified atom stereocenters. The van der Waals surface area contributed by atoms with Crippen molar-refractivity contribution in [3.05, 3.63) is 36.0 Å². The third-order valence-corrected chi connectivity index (χ3v) is 6.40. The normalized spacial score (nSPS) is 14.0. The Morgan fingerprint density at radius 1 is 0.829 bits per heavy atom. The van der Waals surface area contributed by atoms with Crippen LogP contribution in [0, 0.1) is 5.92 Å². The van der Waals surface area contributed by atoms with E-state index < -0.39 is 59.7 Å². The summed E-state index contributed by atoms with van der Waals surface area (Å²) in [6.45, 7) is 3.63. The van der Waals surface area contributed by atoms with Crippen LogP contribution < -0.4 is 33.2 Å². The summed E-state index contributed by atoms with van der Waals surface area (Å²) < 4.78 is 0. The Hall–Kier alpha value is -4.46. The highest BCUT2D eigenvalue weighted by atomic mass is 16.4. The Morgan fingerprint density at radius 3 is 2.00 bits per heavy atom. The van der Waals surface area contributed by atoms with Gasteiger partial charge < -0.3 is 43.2 Å². The number of benzene rings is 1. The fourth-order valence-electron chi connectivity index (χ4n) is 4.23. The number of hydrogen-bond donors (Lipinski definition) is 8. The van der Waals surface area contributed by atoms with Gasteiger partial charge in [0.1, 0.15) is 18.1 Å². The SMILES string of the molecule is CC(C)CC(NC(=O)C(Cc1c[nH]c2ccccc12)NC(=O)C(CCC(N)=O)NC(=O)C(N)CCC(N)=O)C(=O)O. The highest BCUT2D eigenvalue weighted by Crippen LogP contribution is 2.19. The summed E-state index contributed by atoms with van der Waals surface area (Å²) in [5.74, 6) is -4.95. The first kappa shape index (κ1) is 32.8. The number of nitrogens with two attached hydrogens (primary N) is 3. The molecule has 14 nitrogen and oxygen atoms in total. The summed E-state index contributed by atoms with van der Waals surface area (Å²) in [4.78, 5) is 76.8. The highest BCUT2D eigenvalue weighted by Gasteiger charge is 2.31. The smallest absolute Gasteiger partial charge is 0.326 e. The van der Waals surface area contributed by atoms with Crippen LogP contribution in [0.3, 0.4) is 0 Å². The molecule has 0 saturated heterocycles. The van der Waals surface area contributed by atoms with Crippen molar-refractivity contribution < 1.29 is 33.9 Å². The number of hydrogen-bond acceptors (Lipinski definition) is 7. The first-order valence-corrected chi connectivity index (χ1v) is 13.3. The molecule has 5 amide bonds. The molecule has 0 bridgehead atoms. The van der Waals surface area contributed by atoms with Gasteiger partial charge in [-0.15, -0.1) is 0 Å². The number of carboxylic acid groups (broad SMARTS) is 1. The molecule has 2 aromatic rings. The standard InChI is InChI=1S/C27H39N7O7/c1-14(2)11-21(27(40)41)34-26(39)20(12-15-13-31-18-6-4-3-5-16(15)18)33-25(38)19(8-10-23(30)36)32-24(37)17(28)7-9-22(29)35/h3-6,13-14,17,19-21,31H,7-12,28H2,1-2H3,(H2,29,35)(H2,30,36)(H,32,37)(H,33,38)(H,34,39)(H,40,41). The number of carbonyl (C=O) groups excluding carboxylic acids is 5. The summed E-state index contributed by atoms with van der Waals surface area (Å²) in [7, 11) is 0. The van der Waals surface area contributed by atoms with Crippen molar-refractivity contribution in [2.75, 3.05) is 0 Å². The van der Waals surface area contributed by atoms with Crippen LogP contribution in [0.25, 0.3) is 10.9 Å². The van der Waals surface area contributed by atoms with Crippen molar-refractivity contribution in [1.82, 2.24) is 20.9 Å². The van der Waals surface area contributed by atoms with E-state index in [-0.39, 0.29) is 44.4 Å². The van der Waals surface area contributed by atoms with Crippen LogP contribution in [0.5, 0.6) is 0 Å². The Bertz CT molecular complexity index is 1260. The van der Waals surface area contributed by atoms with E-state index in [0.29, 0.717) is 5.56 Å². The lowest BCUT2D eigenvalue weighted by Gasteiger charge is -2.25. The maximum atomic E-state index is 13.4. The number of H-pyrrole nitrogens is 1. The lowest BCUT2D eigenvalue weighted by Crippen LogP contribution is -2.57. The predicted molar refractivity (Wildman–Crippen MR) is 150 cm³/mol. The number of amides is 5. The van der Waals surface area contributed by atoms with Gasteiger partial charge in [-0.1, -0.05) is 32.0 Å². The molecule has 0 aliphatic rings. The lowest BCUT2D eigenvalue weighted by molar-refractivity contribution is -0.142. The fraction of sp³-hybridized carbons (Fsp3) is 0.481. The number of nitrogens with one attached hydrogen (secondary N) is 4. The van der Waals surface area contributed by atoms with E-state index in [1.54, 1.807) is 6.20 Å². The van der Waals surface area contributed by atoms with Crippen LogP contribution in [0.1, 0.15) is 51.5 Å². The van der Waals surface area contributed by atoms with Crippen LogP contribution in [-0.2, 0) is 35.2 Å². The second-order valence-corrected chi connectivity index (χ2v) is 10.3. The van der Waals surface area contributed by atoms with Crippen molar-refractivity contribution in [1.29, 1.82) is 0 Å². The molecule has 224 valence electrons. The summed E-state index contributed by atoms with van der Waals surface area (Å²) in [6, 6.07) is 2.41. The maximum Gasteiger partial charge on any atom is 0.326 e. The second kappa shape index (κ2) is 15.4. The van der Waals surface area contributed by atoms with E-state index in [9.17, 15) is 33.9 Å². The van der Waals surface area contributed by atoms with Crippen LogP contribution in [-0.4, -0.2) is 69.8 Å². The molecule has 0 aliphatic heterocycles. The van der Waals surface area contributed by atoms with E-state index >= 15 is 0 Å². The lowest BCUT2D eigenvalue weighted by atomic mass is 10.0. The van der Waals surface area contributed by atoms with Crippen LogP contribution in [0.15, 0.2) is 30.5 Å². The van der Waals surface area contributed by atoms with Gasteiger partial charge in [0, 0.05) is 36.4 Å². The van der Waals surface area contributed by atoms with Crippen molar-refractivity contribution in [2.24, 2.45) is 23.1 Å². The Kier molecular flexibility index (Phi) is 12.3. The minimum atomic E-state index is -1.31. The Balaban J connectivity index is 2.32. The van der Waals surface area contributed by atoms with Gasteiger partial charge in [0.15, 0.2) is 0 Å². The number of primary amides is 2. The number of rotatable bonds is 17. The molecule has 0 fully saturated rings. The first-order chi connectivity index (χ1) is 19.3. The van der Waals surface area contributed by atoms with Gasteiger partial charge in [-0.2, -0.15) is 0 Å². The van der Waals surface area contributed by atoms with Crippen molar-refractivity contribution in [2.45, 2.75) is 76.5 Å². The molecule has 0 spiro atoms. The largest absolute Gasteiger partial charge is 0.480 e. The van der Waals surface area contributed by atoms with Crippen LogP contribution >= 0.6 is 0 Å². The number of aliphatic carboxylic acids is 1. The number of aromatic nitrogens is 1. The molecule has 1 aromatic heterocycles. The summed E-state index contributed by atoms with van der Waals surface area (Å²) in [5.41, 5.74) is 17.7. The van der Waals surface area contributed by atoms with Crippen molar-refractivity contribution in [3.8, 4) is 0 Å². The highest BCUT2D eigenvalue weighted by molar-refractivity contribution is 5.95. The van der Waals surface area contributed by atoms with E-state index in [1.165, 1.54) is 0 Å². The van der Waals surface area contributed by atoms with Crippen LogP contribution in [0.2, 0.25) is 0 Å². The summed E-state index contributed by atoms with van der Waals surface area (Å²) >= 11 is 0. The third-order valence-electron chi connectivity index (χ3n) is 6.40. The molecule has 14 heteroatoms. The zero-order chi connectivity index (χ0) is 30.7. The summed E-state index contributed by atoms with van der Waals surface area (Å²) in [6.07, 6.45) is 1.17. The van der Waals surface area contributed by atoms with Gasteiger partial charge in [-0.05, 0) is 36.8 Å². The molecule has 11 N–H and O–H groups in total. The summed E-state index contributed by atoms with van der Waals surface area (Å²) in [5, 5.41) is 18.0. The third kappa shape index (κ3) is 10.6. The maximum absolute atomic E-state index is 13.4. The van der Waals surface area contributed by atoms with Crippen molar-refractivity contribution >= 4 is 46.4 Å². The number of fused-ring (bicyclic) bond motifs is 1. The molecular formula is C27H39N7O7. The molecule has 41 heavy (non-hydrogen) atoms. The number of para-hydroxylation sites is 1. The van der Waals surface area contributed by atoms with E-state index in [0.717, 1.165) is 10.9 Å². The first-order valence-electron chi connectivity index (χ1n) is 13.3. The van der Waals surface area contributed by atoms with Crippen LogP contribution in [0.4, 0.5) is 0 Å². The zero-order valence-electron chi connectivity index (χ0n) is 23.1. The van der Waals surface area contributed by atoms with Gasteiger partial charge in [-0.3, -0.25) is 24.0 Å². The van der Waals surface area contributed by atoms with Gasteiger partial charge in [0.05, 0.1) is 6.04 Å². The van der Waals surface area contributed by atoms with Gasteiger partial charge in [0.2, 0.25) is 29.5 Å². The monoisotopic (exact) mass is 573 g/mol. The van der Waals surface area contributed by atoms with E-state index in [1.807, 2.05) is 38.1 Å². The fourth-order valence-corrected chi connectivity index (χ4v) is 4.23. The Labute approximate surface area is 237 Å². The predicted octanol–water partition coefficient (Wildman–Crippen LogP) is -0.846. The second-order valence-electron chi connectivity index (χ2n) is 10.3. The minimum absolute atomic E-state index is 0.00971. The van der Waals surface area contributed by atoms with Gasteiger partial charge >= 0.3 is 5.97 Å². The van der Waals surface area contributed by atoms with Crippen molar-refractivity contribution in [3.63, 3.8) is 0 Å². The Morgan fingerprint density at radius 2 is 1.39 bits per heavy atom. The molecule has 1 aromatic carbocycles. The molecule has 4 atom stereocenters. The van der Waals surface area contributed by atoms with Gasteiger partial charge in [-0.25, -0.2) is 4.79 Å². The molecule has 0 radical (unpaired) electrons.